The molecule has 0 aliphatic carbocycles. The maximum Gasteiger partial charge on any atom is 0.256 e. The number of guanidine groups is 1. The minimum absolute atomic E-state index is 0.0866. The van der Waals surface area contributed by atoms with Gasteiger partial charge in [-0.25, -0.2) is 0 Å². The Kier molecular flexibility index (Phi) is 4.27. The number of aliphatic imine (C=N–C) groups is 1. The van der Waals surface area contributed by atoms with Gasteiger partial charge in [0.2, 0.25) is 0 Å². The second-order valence-electron chi connectivity index (χ2n) is 4.89. The van der Waals surface area contributed by atoms with Gasteiger partial charge >= 0.3 is 0 Å². The molecule has 1 amide bonds. The summed E-state index contributed by atoms with van der Waals surface area (Å²) < 4.78 is 5.41. The number of carbonyl (C=O) groups is 1. The summed E-state index contributed by atoms with van der Waals surface area (Å²) in [5.41, 5.74) is 0.109. The zero-order chi connectivity index (χ0) is 14.6. The quantitative estimate of drug-likeness (QED) is 0.861. The van der Waals surface area contributed by atoms with E-state index >= 15 is 0 Å². The number of hydrogen-bond donors (Lipinski definition) is 2. The van der Waals surface area contributed by atoms with E-state index in [1.54, 1.807) is 0 Å². The molecule has 5 heteroatoms. The van der Waals surface area contributed by atoms with E-state index in [1.807, 2.05) is 45.0 Å². The summed E-state index contributed by atoms with van der Waals surface area (Å²) in [7, 11) is 0. The van der Waals surface area contributed by atoms with Crippen molar-refractivity contribution in [1.82, 2.24) is 10.6 Å². The van der Waals surface area contributed by atoms with Crippen molar-refractivity contribution >= 4 is 11.9 Å². The Morgan fingerprint density at radius 1 is 1.25 bits per heavy atom. The molecule has 1 fully saturated rings. The number of nitrogens with zero attached hydrogens (tertiary/aromatic N) is 1. The van der Waals surface area contributed by atoms with Gasteiger partial charge in [0, 0.05) is 6.54 Å². The van der Waals surface area contributed by atoms with Gasteiger partial charge in [0.15, 0.2) is 5.96 Å². The molecule has 1 saturated heterocycles. The number of benzene rings is 1. The van der Waals surface area contributed by atoms with Gasteiger partial charge in [0.25, 0.3) is 5.91 Å². The van der Waals surface area contributed by atoms with Crippen LogP contribution in [0.15, 0.2) is 29.3 Å². The summed E-state index contributed by atoms with van der Waals surface area (Å²) in [5, 5.41) is 5.95. The molecule has 2 N–H and O–H groups in total. The molecule has 0 aromatic heterocycles. The second kappa shape index (κ2) is 5.94. The summed E-state index contributed by atoms with van der Waals surface area (Å²) in [6.45, 7) is 7.17. The van der Waals surface area contributed by atoms with Crippen molar-refractivity contribution in [2.45, 2.75) is 32.7 Å². The van der Waals surface area contributed by atoms with E-state index in [0.717, 1.165) is 17.7 Å². The molecule has 1 atom stereocenters. The van der Waals surface area contributed by atoms with Gasteiger partial charge < -0.3 is 10.1 Å². The Labute approximate surface area is 119 Å². The van der Waals surface area contributed by atoms with E-state index in [0.29, 0.717) is 19.1 Å². The molecule has 1 aromatic carbocycles. The standard InChI is InChI=1S/C15H21N3O2/c1-4-10-16-14-17-13(19)15(3,18-14)11-6-8-12(9-7-11)20-5-2/h6-9H,4-5,10H2,1-3H3,(H2,16,17,18,19). The highest BCUT2D eigenvalue weighted by Crippen LogP contribution is 2.26. The third-order valence-corrected chi connectivity index (χ3v) is 3.29. The average molecular weight is 275 g/mol. The summed E-state index contributed by atoms with van der Waals surface area (Å²) in [4.78, 5) is 16.5. The fourth-order valence-corrected chi connectivity index (χ4v) is 2.11. The summed E-state index contributed by atoms with van der Waals surface area (Å²) in [6.07, 6.45) is 0.945. The van der Waals surface area contributed by atoms with Crippen LogP contribution in [0.2, 0.25) is 0 Å². The van der Waals surface area contributed by atoms with Crippen LogP contribution >= 0.6 is 0 Å². The number of nitrogens with one attached hydrogen (secondary N) is 2. The predicted molar refractivity (Wildman–Crippen MR) is 78.8 cm³/mol. The Morgan fingerprint density at radius 2 is 1.95 bits per heavy atom. The molecular formula is C15H21N3O2. The van der Waals surface area contributed by atoms with Crippen molar-refractivity contribution < 1.29 is 9.53 Å². The molecule has 0 spiro atoms. The average Bonchev–Trinajstić information content (AvgIpc) is 2.74. The fraction of sp³-hybridized carbons (Fsp3) is 0.467. The molecule has 1 aliphatic rings. The molecule has 1 unspecified atom stereocenters. The van der Waals surface area contributed by atoms with Crippen LogP contribution in [0.4, 0.5) is 0 Å². The summed E-state index contributed by atoms with van der Waals surface area (Å²) in [5.74, 6) is 1.27. The summed E-state index contributed by atoms with van der Waals surface area (Å²) >= 11 is 0. The van der Waals surface area contributed by atoms with Gasteiger partial charge in [-0.15, -0.1) is 0 Å². The van der Waals surface area contributed by atoms with Crippen molar-refractivity contribution in [1.29, 1.82) is 0 Å². The molecule has 5 nitrogen and oxygen atoms in total. The Morgan fingerprint density at radius 3 is 2.55 bits per heavy atom. The van der Waals surface area contributed by atoms with Crippen LogP contribution in [-0.4, -0.2) is 25.0 Å². The molecule has 1 aromatic rings. The number of hydrogen-bond acceptors (Lipinski definition) is 3. The van der Waals surface area contributed by atoms with Crippen molar-refractivity contribution in [2.24, 2.45) is 4.99 Å². The smallest absolute Gasteiger partial charge is 0.256 e. The lowest BCUT2D eigenvalue weighted by atomic mass is 9.92. The van der Waals surface area contributed by atoms with E-state index < -0.39 is 5.54 Å². The first-order valence-corrected chi connectivity index (χ1v) is 6.97. The fourth-order valence-electron chi connectivity index (χ4n) is 2.11. The molecule has 2 rings (SSSR count). The van der Waals surface area contributed by atoms with E-state index in [1.165, 1.54) is 0 Å². The highest BCUT2D eigenvalue weighted by molar-refractivity contribution is 6.09. The van der Waals surface area contributed by atoms with Gasteiger partial charge in [-0.1, -0.05) is 19.1 Å². The Hall–Kier alpha value is -2.04. The maximum atomic E-state index is 12.2. The zero-order valence-corrected chi connectivity index (χ0v) is 12.2. The van der Waals surface area contributed by atoms with Crippen LogP contribution in [0, 0.1) is 0 Å². The third-order valence-electron chi connectivity index (χ3n) is 3.29. The van der Waals surface area contributed by atoms with E-state index in [2.05, 4.69) is 15.6 Å². The number of ether oxygens (including phenoxy) is 1. The highest BCUT2D eigenvalue weighted by Gasteiger charge is 2.42. The molecule has 108 valence electrons. The lowest BCUT2D eigenvalue weighted by Gasteiger charge is -2.21. The van der Waals surface area contributed by atoms with E-state index in [4.69, 9.17) is 4.74 Å². The summed E-state index contributed by atoms with van der Waals surface area (Å²) in [6, 6.07) is 7.56. The third kappa shape index (κ3) is 2.76. The van der Waals surface area contributed by atoms with Crippen LogP contribution in [0.1, 0.15) is 32.8 Å². The normalized spacial score (nSPS) is 23.6. The molecule has 0 saturated carbocycles. The highest BCUT2D eigenvalue weighted by atomic mass is 16.5. The largest absolute Gasteiger partial charge is 0.494 e. The Bertz CT molecular complexity index is 510. The molecule has 1 aliphatic heterocycles. The topological polar surface area (TPSA) is 62.7 Å². The molecule has 0 radical (unpaired) electrons. The number of amides is 1. The minimum atomic E-state index is -0.780. The van der Waals surface area contributed by atoms with Crippen LogP contribution in [0.5, 0.6) is 5.75 Å². The molecule has 0 bridgehead atoms. The lowest BCUT2D eigenvalue weighted by Crippen LogP contribution is -2.40. The Balaban J connectivity index is 2.20. The zero-order valence-electron chi connectivity index (χ0n) is 12.2. The van der Waals surface area contributed by atoms with Crippen LogP contribution < -0.4 is 15.4 Å². The van der Waals surface area contributed by atoms with Crippen molar-refractivity contribution in [3.05, 3.63) is 29.8 Å². The van der Waals surface area contributed by atoms with Crippen molar-refractivity contribution in [3.63, 3.8) is 0 Å². The maximum absolute atomic E-state index is 12.2. The van der Waals surface area contributed by atoms with E-state index in [-0.39, 0.29) is 5.91 Å². The first kappa shape index (κ1) is 14.4. The first-order chi connectivity index (χ1) is 9.60. The SMILES string of the molecule is CCCN=C1NC(=O)C(C)(c2ccc(OCC)cc2)N1. The number of rotatable bonds is 5. The van der Waals surface area contributed by atoms with Gasteiger partial charge in [0.05, 0.1) is 6.61 Å². The lowest BCUT2D eigenvalue weighted by molar-refractivity contribution is -0.123. The molecule has 1 heterocycles. The van der Waals surface area contributed by atoms with Crippen LogP contribution in [-0.2, 0) is 10.3 Å². The van der Waals surface area contributed by atoms with Crippen molar-refractivity contribution in [3.8, 4) is 5.75 Å². The minimum Gasteiger partial charge on any atom is -0.494 e. The second-order valence-corrected chi connectivity index (χ2v) is 4.89. The van der Waals surface area contributed by atoms with Crippen LogP contribution in [0.25, 0.3) is 0 Å². The van der Waals surface area contributed by atoms with Gasteiger partial charge in [-0.05, 0) is 38.0 Å². The monoisotopic (exact) mass is 275 g/mol. The van der Waals surface area contributed by atoms with Crippen molar-refractivity contribution in [2.75, 3.05) is 13.2 Å². The molecule has 20 heavy (non-hydrogen) atoms. The predicted octanol–water partition coefficient (Wildman–Crippen LogP) is 1.79. The molecular weight excluding hydrogens is 254 g/mol. The van der Waals surface area contributed by atoms with Gasteiger partial charge in [-0.2, -0.15) is 0 Å². The van der Waals surface area contributed by atoms with Crippen LogP contribution in [0.3, 0.4) is 0 Å². The van der Waals surface area contributed by atoms with Gasteiger partial charge in [-0.3, -0.25) is 15.1 Å². The van der Waals surface area contributed by atoms with E-state index in [9.17, 15) is 4.79 Å². The first-order valence-electron chi connectivity index (χ1n) is 6.97. The van der Waals surface area contributed by atoms with Gasteiger partial charge in [0.1, 0.15) is 11.3 Å². The number of carbonyl (C=O) groups excluding carboxylic acids is 1.